The molecule has 0 bridgehead atoms. The normalized spacial score (nSPS) is 11.5. The maximum Gasteiger partial charge on any atom is 0.333 e. The summed E-state index contributed by atoms with van der Waals surface area (Å²) in [5, 5.41) is 17.1. The van der Waals surface area contributed by atoms with E-state index < -0.39 is 0 Å². The first kappa shape index (κ1) is 14.1. The van der Waals surface area contributed by atoms with Crippen LogP contribution in [0.3, 0.4) is 0 Å². The van der Waals surface area contributed by atoms with Crippen molar-refractivity contribution in [1.29, 1.82) is 0 Å². The zero-order chi connectivity index (χ0) is 11.5. The quantitative estimate of drug-likeness (QED) is 0.361. The Morgan fingerprint density at radius 3 is 2.47 bits per heavy atom. The molecule has 0 aliphatic rings. The highest BCUT2D eigenvalue weighted by atomic mass is 16.5. The van der Waals surface area contributed by atoms with Crippen molar-refractivity contribution < 1.29 is 19.7 Å². The molecule has 0 spiro atoms. The fourth-order valence-electron chi connectivity index (χ4n) is 0.986. The Hall–Kier alpha value is -0.870. The van der Waals surface area contributed by atoms with Crippen LogP contribution >= 0.6 is 0 Å². The van der Waals surface area contributed by atoms with Gasteiger partial charge in [-0.15, -0.1) is 0 Å². The molecule has 4 nitrogen and oxygen atoms in total. The van der Waals surface area contributed by atoms with E-state index >= 15 is 0 Å². The molecule has 0 unspecified atom stereocenters. The Morgan fingerprint density at radius 1 is 1.20 bits per heavy atom. The first-order chi connectivity index (χ1) is 7.22. The van der Waals surface area contributed by atoms with Gasteiger partial charge in [-0.25, -0.2) is 4.79 Å². The molecule has 0 atom stereocenters. The molecule has 0 saturated carbocycles. The number of aliphatic hydroxyl groups is 2. The van der Waals surface area contributed by atoms with Gasteiger partial charge in [0.15, 0.2) is 0 Å². The maximum absolute atomic E-state index is 11.3. The zero-order valence-corrected chi connectivity index (χ0v) is 9.24. The molecule has 0 radical (unpaired) electrons. The van der Waals surface area contributed by atoms with Gasteiger partial charge in [0.2, 0.25) is 0 Å². The number of esters is 1. The minimum Gasteiger partial charge on any atom is -0.462 e. The minimum atomic E-state index is -0.314. The molecule has 0 aromatic rings. The molecule has 0 amide bonds. The van der Waals surface area contributed by atoms with Crippen LogP contribution in [-0.4, -0.2) is 36.0 Å². The van der Waals surface area contributed by atoms with Gasteiger partial charge in [-0.3, -0.25) is 0 Å². The van der Waals surface area contributed by atoms with Gasteiger partial charge in [-0.05, 0) is 32.6 Å². The van der Waals surface area contributed by atoms with Crippen LogP contribution in [0.5, 0.6) is 0 Å². The van der Waals surface area contributed by atoms with Gasteiger partial charge in [-0.2, -0.15) is 0 Å². The topological polar surface area (TPSA) is 66.8 Å². The molecule has 0 aliphatic heterocycles. The number of hydrogen-bond acceptors (Lipinski definition) is 4. The molecule has 0 heterocycles. The van der Waals surface area contributed by atoms with Crippen LogP contribution in [-0.2, 0) is 9.53 Å². The third kappa shape index (κ3) is 8.15. The number of aliphatic hydroxyl groups excluding tert-OH is 2. The van der Waals surface area contributed by atoms with Crippen molar-refractivity contribution in [2.45, 2.75) is 32.6 Å². The van der Waals surface area contributed by atoms with E-state index in [0.717, 1.165) is 0 Å². The molecule has 2 N–H and O–H groups in total. The second kappa shape index (κ2) is 9.68. The number of allylic oxidation sites excluding steroid dienone is 1. The van der Waals surface area contributed by atoms with Crippen molar-refractivity contribution >= 4 is 5.97 Å². The van der Waals surface area contributed by atoms with Gasteiger partial charge in [-0.1, -0.05) is 6.08 Å². The number of carbonyl (C=O) groups excluding carboxylic acids is 1. The molecule has 4 heteroatoms. The maximum atomic E-state index is 11.3. The number of carbonyl (C=O) groups is 1. The SMILES string of the molecule is CC(=CCCCO)C(=O)OCCCCO. The van der Waals surface area contributed by atoms with E-state index in [4.69, 9.17) is 14.9 Å². The fraction of sp³-hybridized carbons (Fsp3) is 0.727. The Kier molecular flexibility index (Phi) is 9.11. The predicted octanol–water partition coefficient (Wildman–Crippen LogP) is 1.02. The van der Waals surface area contributed by atoms with Gasteiger partial charge in [0, 0.05) is 18.8 Å². The van der Waals surface area contributed by atoms with E-state index in [9.17, 15) is 4.79 Å². The average Bonchev–Trinajstić information content (AvgIpc) is 2.24. The highest BCUT2D eigenvalue weighted by molar-refractivity contribution is 5.87. The van der Waals surface area contributed by atoms with E-state index in [1.807, 2.05) is 0 Å². The smallest absolute Gasteiger partial charge is 0.333 e. The lowest BCUT2D eigenvalue weighted by molar-refractivity contribution is -0.139. The van der Waals surface area contributed by atoms with Gasteiger partial charge >= 0.3 is 5.97 Å². The van der Waals surface area contributed by atoms with E-state index in [2.05, 4.69) is 0 Å². The zero-order valence-electron chi connectivity index (χ0n) is 9.24. The summed E-state index contributed by atoms with van der Waals surface area (Å²) in [7, 11) is 0. The monoisotopic (exact) mass is 216 g/mol. The number of hydrogen-bond donors (Lipinski definition) is 2. The standard InChI is InChI=1S/C11H20O4/c1-10(6-2-3-7-12)11(14)15-9-5-4-8-13/h6,12-13H,2-5,7-9H2,1H3. The van der Waals surface area contributed by atoms with Crippen molar-refractivity contribution in [3.8, 4) is 0 Å². The van der Waals surface area contributed by atoms with Crippen molar-refractivity contribution in [2.24, 2.45) is 0 Å². The van der Waals surface area contributed by atoms with Gasteiger partial charge < -0.3 is 14.9 Å². The third-order valence-corrected chi connectivity index (χ3v) is 1.92. The first-order valence-corrected chi connectivity index (χ1v) is 5.28. The largest absolute Gasteiger partial charge is 0.462 e. The highest BCUT2D eigenvalue weighted by Gasteiger charge is 2.04. The molecule has 0 aromatic heterocycles. The second-order valence-corrected chi connectivity index (χ2v) is 3.32. The molecule has 15 heavy (non-hydrogen) atoms. The predicted molar refractivity (Wildman–Crippen MR) is 57.4 cm³/mol. The van der Waals surface area contributed by atoms with Crippen LogP contribution in [0.15, 0.2) is 11.6 Å². The molecule has 0 fully saturated rings. The summed E-state index contributed by atoms with van der Waals surface area (Å²) in [6, 6.07) is 0. The number of ether oxygens (including phenoxy) is 1. The number of unbranched alkanes of at least 4 members (excludes halogenated alkanes) is 2. The Morgan fingerprint density at radius 2 is 1.87 bits per heavy atom. The van der Waals surface area contributed by atoms with Crippen LogP contribution in [0.25, 0.3) is 0 Å². The number of rotatable bonds is 8. The molecule has 0 saturated heterocycles. The van der Waals surface area contributed by atoms with Crippen LogP contribution in [0.1, 0.15) is 32.6 Å². The van der Waals surface area contributed by atoms with Gasteiger partial charge in [0.1, 0.15) is 0 Å². The van der Waals surface area contributed by atoms with Crippen molar-refractivity contribution in [3.63, 3.8) is 0 Å². The lowest BCUT2D eigenvalue weighted by Gasteiger charge is -2.03. The molecule has 88 valence electrons. The van der Waals surface area contributed by atoms with E-state index in [0.29, 0.717) is 37.9 Å². The minimum absolute atomic E-state index is 0.128. The Labute approximate surface area is 90.6 Å². The molecule has 0 aromatic carbocycles. The fourth-order valence-corrected chi connectivity index (χ4v) is 0.986. The van der Waals surface area contributed by atoms with Crippen LogP contribution in [0.4, 0.5) is 0 Å². The van der Waals surface area contributed by atoms with Crippen molar-refractivity contribution in [2.75, 3.05) is 19.8 Å². The van der Waals surface area contributed by atoms with Crippen molar-refractivity contribution in [3.05, 3.63) is 11.6 Å². The third-order valence-electron chi connectivity index (χ3n) is 1.92. The van der Waals surface area contributed by atoms with Crippen LogP contribution in [0, 0.1) is 0 Å². The van der Waals surface area contributed by atoms with Crippen LogP contribution in [0.2, 0.25) is 0 Å². The Balaban J connectivity index is 3.63. The Bertz CT molecular complexity index is 199. The first-order valence-electron chi connectivity index (χ1n) is 5.28. The van der Waals surface area contributed by atoms with E-state index in [1.54, 1.807) is 13.0 Å². The summed E-state index contributed by atoms with van der Waals surface area (Å²) in [5.74, 6) is -0.314. The summed E-state index contributed by atoms with van der Waals surface area (Å²) >= 11 is 0. The summed E-state index contributed by atoms with van der Waals surface area (Å²) < 4.78 is 4.96. The summed E-state index contributed by atoms with van der Waals surface area (Å²) in [5.41, 5.74) is 0.576. The highest BCUT2D eigenvalue weighted by Crippen LogP contribution is 2.01. The van der Waals surface area contributed by atoms with E-state index in [1.165, 1.54) is 0 Å². The summed E-state index contributed by atoms with van der Waals surface area (Å²) in [6.45, 7) is 2.31. The lowest BCUT2D eigenvalue weighted by Crippen LogP contribution is -2.07. The van der Waals surface area contributed by atoms with Crippen LogP contribution < -0.4 is 0 Å². The molecular weight excluding hydrogens is 196 g/mol. The summed E-state index contributed by atoms with van der Waals surface area (Å²) in [4.78, 5) is 11.3. The molecule has 0 rings (SSSR count). The summed E-state index contributed by atoms with van der Waals surface area (Å²) in [6.07, 6.45) is 4.46. The van der Waals surface area contributed by atoms with Crippen molar-refractivity contribution in [1.82, 2.24) is 0 Å². The van der Waals surface area contributed by atoms with Gasteiger partial charge in [0.25, 0.3) is 0 Å². The lowest BCUT2D eigenvalue weighted by atomic mass is 10.2. The van der Waals surface area contributed by atoms with E-state index in [-0.39, 0.29) is 19.2 Å². The van der Waals surface area contributed by atoms with Gasteiger partial charge in [0.05, 0.1) is 6.61 Å². The molecular formula is C11H20O4. The molecule has 0 aliphatic carbocycles. The second-order valence-electron chi connectivity index (χ2n) is 3.32. The average molecular weight is 216 g/mol.